The zero-order valence-electron chi connectivity index (χ0n) is 10.1. The number of aromatic nitrogens is 4. The van der Waals surface area contributed by atoms with Crippen molar-refractivity contribution in [2.75, 3.05) is 0 Å². The van der Waals surface area contributed by atoms with Crippen molar-refractivity contribution in [3.05, 3.63) is 35.2 Å². The first-order valence-electron chi connectivity index (χ1n) is 5.77. The summed E-state index contributed by atoms with van der Waals surface area (Å²) in [4.78, 5) is 7.20. The molecule has 0 aliphatic carbocycles. The molecule has 0 amide bonds. The molecule has 0 fully saturated rings. The Morgan fingerprint density at radius 3 is 2.69 bits per heavy atom. The Morgan fingerprint density at radius 1 is 1.31 bits per heavy atom. The van der Waals surface area contributed by atoms with Crippen molar-refractivity contribution in [2.45, 2.75) is 33.1 Å². The van der Waals surface area contributed by atoms with Crippen molar-refractivity contribution >= 4 is 0 Å². The maximum absolute atomic E-state index is 4.56. The summed E-state index contributed by atoms with van der Waals surface area (Å²) in [5.41, 5.74) is 5.04. The standard InChI is InChI=1S/C12H18N4/c1-4-11-10(6-9-7-13-8-14-9)12(5-2)16(3)15-11/h7-8H,4-6H2,1-3H3,(H,13,14). The monoisotopic (exact) mass is 218 g/mol. The summed E-state index contributed by atoms with van der Waals surface area (Å²) < 4.78 is 2.00. The quantitative estimate of drug-likeness (QED) is 0.851. The maximum Gasteiger partial charge on any atom is 0.0921 e. The van der Waals surface area contributed by atoms with Crippen LogP contribution in [0.4, 0.5) is 0 Å². The van der Waals surface area contributed by atoms with Crippen LogP contribution in [0.2, 0.25) is 0 Å². The van der Waals surface area contributed by atoms with Gasteiger partial charge in [0.2, 0.25) is 0 Å². The number of hydrogen-bond acceptors (Lipinski definition) is 2. The molecular weight excluding hydrogens is 200 g/mol. The normalized spacial score (nSPS) is 10.9. The number of aromatic amines is 1. The highest BCUT2D eigenvalue weighted by atomic mass is 15.3. The Kier molecular flexibility index (Phi) is 3.08. The van der Waals surface area contributed by atoms with Crippen LogP contribution in [0.5, 0.6) is 0 Å². The molecule has 4 heteroatoms. The zero-order chi connectivity index (χ0) is 11.5. The minimum Gasteiger partial charge on any atom is -0.348 e. The highest BCUT2D eigenvalue weighted by Crippen LogP contribution is 2.18. The van der Waals surface area contributed by atoms with Gasteiger partial charge in [-0.25, -0.2) is 4.98 Å². The molecule has 4 nitrogen and oxygen atoms in total. The van der Waals surface area contributed by atoms with Crippen LogP contribution in [0.25, 0.3) is 0 Å². The lowest BCUT2D eigenvalue weighted by Gasteiger charge is -2.03. The van der Waals surface area contributed by atoms with E-state index in [4.69, 9.17) is 0 Å². The lowest BCUT2D eigenvalue weighted by molar-refractivity contribution is 0.703. The van der Waals surface area contributed by atoms with Gasteiger partial charge in [-0.2, -0.15) is 5.10 Å². The summed E-state index contributed by atoms with van der Waals surface area (Å²) in [6.45, 7) is 4.32. The third kappa shape index (κ3) is 1.87. The van der Waals surface area contributed by atoms with Gasteiger partial charge in [-0.05, 0) is 12.8 Å². The van der Waals surface area contributed by atoms with Gasteiger partial charge in [-0.15, -0.1) is 0 Å². The average molecular weight is 218 g/mol. The van der Waals surface area contributed by atoms with Gasteiger partial charge in [0.25, 0.3) is 0 Å². The fourth-order valence-corrected chi connectivity index (χ4v) is 2.17. The fraction of sp³-hybridized carbons (Fsp3) is 0.500. The van der Waals surface area contributed by atoms with Crippen LogP contribution >= 0.6 is 0 Å². The zero-order valence-corrected chi connectivity index (χ0v) is 10.1. The Morgan fingerprint density at radius 2 is 2.12 bits per heavy atom. The summed E-state index contributed by atoms with van der Waals surface area (Å²) in [5.74, 6) is 0. The largest absolute Gasteiger partial charge is 0.348 e. The molecule has 2 aromatic rings. The molecule has 86 valence electrons. The van der Waals surface area contributed by atoms with Crippen LogP contribution in [-0.4, -0.2) is 19.7 Å². The molecule has 16 heavy (non-hydrogen) atoms. The molecule has 0 bridgehead atoms. The summed E-state index contributed by atoms with van der Waals surface area (Å²) in [5, 5.41) is 4.56. The minimum absolute atomic E-state index is 0.903. The van der Waals surface area contributed by atoms with E-state index in [-0.39, 0.29) is 0 Å². The second-order valence-corrected chi connectivity index (χ2v) is 3.96. The van der Waals surface area contributed by atoms with E-state index in [9.17, 15) is 0 Å². The maximum atomic E-state index is 4.56. The molecule has 2 heterocycles. The van der Waals surface area contributed by atoms with Crippen molar-refractivity contribution in [3.8, 4) is 0 Å². The molecule has 0 saturated carbocycles. The summed E-state index contributed by atoms with van der Waals surface area (Å²) >= 11 is 0. The summed E-state index contributed by atoms with van der Waals surface area (Å²) in [6.07, 6.45) is 6.51. The second kappa shape index (κ2) is 4.51. The van der Waals surface area contributed by atoms with Gasteiger partial charge in [0.05, 0.1) is 12.0 Å². The molecular formula is C12H18N4. The van der Waals surface area contributed by atoms with E-state index in [2.05, 4.69) is 28.9 Å². The van der Waals surface area contributed by atoms with Gasteiger partial charge in [-0.1, -0.05) is 13.8 Å². The molecule has 0 aliphatic rings. The van der Waals surface area contributed by atoms with E-state index in [0.717, 1.165) is 25.0 Å². The Labute approximate surface area is 95.7 Å². The molecule has 0 aliphatic heterocycles. The van der Waals surface area contributed by atoms with Crippen LogP contribution in [0, 0.1) is 0 Å². The van der Waals surface area contributed by atoms with E-state index in [1.54, 1.807) is 6.33 Å². The molecule has 0 unspecified atom stereocenters. The van der Waals surface area contributed by atoms with Gasteiger partial charge in [0.1, 0.15) is 0 Å². The van der Waals surface area contributed by atoms with Crippen molar-refractivity contribution in [2.24, 2.45) is 7.05 Å². The number of aryl methyl sites for hydroxylation is 2. The fourth-order valence-electron chi connectivity index (χ4n) is 2.17. The minimum atomic E-state index is 0.903. The number of hydrogen-bond donors (Lipinski definition) is 1. The van der Waals surface area contributed by atoms with E-state index in [0.29, 0.717) is 0 Å². The average Bonchev–Trinajstić information content (AvgIpc) is 2.87. The van der Waals surface area contributed by atoms with Crippen LogP contribution < -0.4 is 0 Å². The number of H-pyrrole nitrogens is 1. The van der Waals surface area contributed by atoms with Crippen LogP contribution in [-0.2, 0) is 26.3 Å². The number of imidazole rings is 1. The third-order valence-corrected chi connectivity index (χ3v) is 2.95. The van der Waals surface area contributed by atoms with Crippen molar-refractivity contribution in [1.29, 1.82) is 0 Å². The summed E-state index contributed by atoms with van der Waals surface area (Å²) in [6, 6.07) is 0. The van der Waals surface area contributed by atoms with Crippen LogP contribution in [0.3, 0.4) is 0 Å². The number of nitrogens with zero attached hydrogens (tertiary/aromatic N) is 3. The van der Waals surface area contributed by atoms with Crippen molar-refractivity contribution in [3.63, 3.8) is 0 Å². The third-order valence-electron chi connectivity index (χ3n) is 2.95. The summed E-state index contributed by atoms with van der Waals surface area (Å²) in [7, 11) is 2.02. The predicted molar refractivity (Wildman–Crippen MR) is 63.4 cm³/mol. The van der Waals surface area contributed by atoms with Gasteiger partial charge >= 0.3 is 0 Å². The first kappa shape index (κ1) is 10.9. The Balaban J connectivity index is 2.37. The van der Waals surface area contributed by atoms with Crippen molar-refractivity contribution < 1.29 is 0 Å². The van der Waals surface area contributed by atoms with Crippen molar-refractivity contribution in [1.82, 2.24) is 19.7 Å². The Bertz CT molecular complexity index is 454. The second-order valence-electron chi connectivity index (χ2n) is 3.96. The van der Waals surface area contributed by atoms with Gasteiger partial charge in [0, 0.05) is 36.6 Å². The topological polar surface area (TPSA) is 46.5 Å². The molecule has 0 saturated heterocycles. The molecule has 2 aromatic heterocycles. The lowest BCUT2D eigenvalue weighted by Crippen LogP contribution is -1.99. The van der Waals surface area contributed by atoms with Crippen LogP contribution in [0.1, 0.15) is 36.5 Å². The van der Waals surface area contributed by atoms with E-state index in [1.165, 1.54) is 17.0 Å². The lowest BCUT2D eigenvalue weighted by atomic mass is 10.0. The van der Waals surface area contributed by atoms with Gasteiger partial charge in [0.15, 0.2) is 0 Å². The SMILES string of the molecule is CCc1nn(C)c(CC)c1Cc1cnc[nH]1. The first-order valence-corrected chi connectivity index (χ1v) is 5.77. The highest BCUT2D eigenvalue weighted by Gasteiger charge is 2.14. The van der Waals surface area contributed by atoms with Crippen LogP contribution in [0.15, 0.2) is 12.5 Å². The highest BCUT2D eigenvalue weighted by molar-refractivity contribution is 5.30. The molecule has 0 atom stereocenters. The van der Waals surface area contributed by atoms with E-state index < -0.39 is 0 Å². The van der Waals surface area contributed by atoms with Gasteiger partial charge in [-0.3, -0.25) is 4.68 Å². The Hall–Kier alpha value is -1.58. The van der Waals surface area contributed by atoms with Gasteiger partial charge < -0.3 is 4.98 Å². The molecule has 1 N–H and O–H groups in total. The molecule has 2 rings (SSSR count). The van der Waals surface area contributed by atoms with E-state index in [1.807, 2.05) is 17.9 Å². The molecule has 0 spiro atoms. The predicted octanol–water partition coefficient (Wildman–Crippen LogP) is 1.86. The first-order chi connectivity index (χ1) is 7.76. The molecule has 0 aromatic carbocycles. The number of nitrogens with one attached hydrogen (secondary N) is 1. The smallest absolute Gasteiger partial charge is 0.0921 e. The number of rotatable bonds is 4. The molecule has 0 radical (unpaired) electrons. The van der Waals surface area contributed by atoms with E-state index >= 15 is 0 Å².